The maximum atomic E-state index is 3.86. The van der Waals surface area contributed by atoms with E-state index in [1.807, 2.05) is 0 Å². The van der Waals surface area contributed by atoms with E-state index in [1.165, 1.54) is 19.3 Å². The topological polar surface area (TPSA) is 0 Å². The van der Waals surface area contributed by atoms with Gasteiger partial charge in [-0.15, -0.1) is 13.2 Å². The van der Waals surface area contributed by atoms with E-state index in [-0.39, 0.29) is 24.0 Å². The molecule has 1 aliphatic heterocycles. The summed E-state index contributed by atoms with van der Waals surface area (Å²) in [5.41, 5.74) is 0. The van der Waals surface area contributed by atoms with Crippen molar-refractivity contribution < 1.29 is 28.5 Å². The van der Waals surface area contributed by atoms with Crippen LogP contribution < -0.4 is 24.0 Å². The molecule has 0 spiro atoms. The van der Waals surface area contributed by atoms with Crippen molar-refractivity contribution in [1.29, 1.82) is 0 Å². The summed E-state index contributed by atoms with van der Waals surface area (Å²) in [5, 5.41) is 0. The van der Waals surface area contributed by atoms with Crippen LogP contribution in [0.3, 0.4) is 0 Å². The van der Waals surface area contributed by atoms with Gasteiger partial charge in [-0.1, -0.05) is 12.2 Å². The molecule has 0 aliphatic carbocycles. The number of halogens is 1. The van der Waals surface area contributed by atoms with E-state index < -0.39 is 0 Å². The van der Waals surface area contributed by atoms with Crippen LogP contribution in [0.25, 0.3) is 0 Å². The minimum atomic E-state index is 0. The van der Waals surface area contributed by atoms with Crippen LogP contribution in [0.1, 0.15) is 32.1 Å². The van der Waals surface area contributed by atoms with Gasteiger partial charge in [-0.05, 0) is 19.3 Å². The molecule has 1 saturated heterocycles. The Morgan fingerprint density at radius 2 is 1.47 bits per heavy atom. The number of hydrogen-bond donors (Lipinski definition) is 0. The molecule has 0 aromatic carbocycles. The average Bonchev–Trinajstić information content (AvgIpc) is 2.13. The second kappa shape index (κ2) is 6.69. The standard InChI is InChI=1S/C13H24N.HI/c1-5-8-12-10-7-11-13(9-6-2)14(12,3)4;/h5-6,12-13H,1-2,7-11H2,3-4H3;1H/q+1;/p-1/t12-,13+;. The van der Waals surface area contributed by atoms with Crippen LogP contribution in [0.5, 0.6) is 0 Å². The van der Waals surface area contributed by atoms with Crippen LogP contribution in [0.2, 0.25) is 0 Å². The van der Waals surface area contributed by atoms with Gasteiger partial charge in [0.1, 0.15) is 0 Å². The molecule has 0 N–H and O–H groups in total. The van der Waals surface area contributed by atoms with Gasteiger partial charge in [-0.3, -0.25) is 0 Å². The first kappa shape index (κ1) is 15.2. The first-order valence-electron chi connectivity index (χ1n) is 5.68. The third kappa shape index (κ3) is 3.59. The molecular weight excluding hydrogens is 297 g/mol. The Morgan fingerprint density at radius 3 is 1.80 bits per heavy atom. The number of hydrogen-bond acceptors (Lipinski definition) is 0. The quantitative estimate of drug-likeness (QED) is 0.393. The first-order chi connectivity index (χ1) is 6.62. The molecule has 88 valence electrons. The zero-order valence-electron chi connectivity index (χ0n) is 10.1. The number of nitrogens with zero attached hydrogens (tertiary/aromatic N) is 1. The molecule has 0 unspecified atom stereocenters. The molecule has 2 atom stereocenters. The van der Waals surface area contributed by atoms with Crippen LogP contribution in [-0.2, 0) is 0 Å². The lowest BCUT2D eigenvalue weighted by atomic mass is 9.90. The molecule has 15 heavy (non-hydrogen) atoms. The van der Waals surface area contributed by atoms with Crippen molar-refractivity contribution in [3.8, 4) is 0 Å². The number of rotatable bonds is 4. The van der Waals surface area contributed by atoms with Gasteiger partial charge >= 0.3 is 0 Å². The van der Waals surface area contributed by atoms with Gasteiger partial charge in [-0.25, -0.2) is 0 Å². The predicted molar refractivity (Wildman–Crippen MR) is 63.2 cm³/mol. The third-order valence-corrected chi connectivity index (χ3v) is 3.83. The molecule has 0 aromatic rings. The van der Waals surface area contributed by atoms with Crippen LogP contribution >= 0.6 is 0 Å². The van der Waals surface area contributed by atoms with Gasteiger partial charge in [0, 0.05) is 12.8 Å². The molecular formula is C13H24IN. The van der Waals surface area contributed by atoms with Gasteiger partial charge in [0.15, 0.2) is 0 Å². The summed E-state index contributed by atoms with van der Waals surface area (Å²) in [4.78, 5) is 0. The van der Waals surface area contributed by atoms with E-state index in [9.17, 15) is 0 Å². The summed E-state index contributed by atoms with van der Waals surface area (Å²) >= 11 is 0. The van der Waals surface area contributed by atoms with Crippen molar-refractivity contribution in [2.75, 3.05) is 14.1 Å². The van der Waals surface area contributed by atoms with Gasteiger partial charge < -0.3 is 28.5 Å². The van der Waals surface area contributed by atoms with Crippen molar-refractivity contribution in [2.45, 2.75) is 44.2 Å². The smallest absolute Gasteiger partial charge is 0.0923 e. The Hall–Kier alpha value is 0.170. The Morgan fingerprint density at radius 1 is 1.07 bits per heavy atom. The van der Waals surface area contributed by atoms with E-state index in [1.54, 1.807) is 0 Å². The number of quaternary nitrogens is 1. The van der Waals surface area contributed by atoms with Crippen molar-refractivity contribution in [3.63, 3.8) is 0 Å². The van der Waals surface area contributed by atoms with Gasteiger partial charge in [0.25, 0.3) is 0 Å². The summed E-state index contributed by atoms with van der Waals surface area (Å²) < 4.78 is 1.15. The highest BCUT2D eigenvalue weighted by Crippen LogP contribution is 2.31. The number of likely N-dealkylation sites (tertiary alicyclic amines) is 1. The van der Waals surface area contributed by atoms with Crippen molar-refractivity contribution in [2.24, 2.45) is 0 Å². The third-order valence-electron chi connectivity index (χ3n) is 3.83. The van der Waals surface area contributed by atoms with Crippen LogP contribution in [-0.4, -0.2) is 30.7 Å². The van der Waals surface area contributed by atoms with E-state index in [2.05, 4.69) is 39.4 Å². The second-order valence-corrected chi connectivity index (χ2v) is 4.92. The molecule has 1 rings (SSSR count). The normalized spacial score (nSPS) is 28.9. The Labute approximate surface area is 112 Å². The molecule has 0 saturated carbocycles. The summed E-state index contributed by atoms with van der Waals surface area (Å²) in [7, 11) is 4.73. The highest BCUT2D eigenvalue weighted by molar-refractivity contribution is 4.82. The van der Waals surface area contributed by atoms with Crippen molar-refractivity contribution >= 4 is 0 Å². The summed E-state index contributed by atoms with van der Waals surface area (Å²) in [6.07, 6.45) is 10.5. The lowest BCUT2D eigenvalue weighted by Crippen LogP contribution is -3.00. The van der Waals surface area contributed by atoms with E-state index in [0.29, 0.717) is 0 Å². The van der Waals surface area contributed by atoms with Crippen LogP contribution in [0, 0.1) is 0 Å². The Balaban J connectivity index is 0.00000196. The van der Waals surface area contributed by atoms with Crippen LogP contribution in [0.4, 0.5) is 0 Å². The second-order valence-electron chi connectivity index (χ2n) is 4.92. The lowest BCUT2D eigenvalue weighted by Gasteiger charge is -2.47. The zero-order chi connectivity index (χ0) is 10.6. The van der Waals surface area contributed by atoms with E-state index in [4.69, 9.17) is 0 Å². The Bertz CT molecular complexity index is 191. The monoisotopic (exact) mass is 321 g/mol. The maximum Gasteiger partial charge on any atom is 0.0923 e. The average molecular weight is 321 g/mol. The molecule has 0 radical (unpaired) electrons. The van der Waals surface area contributed by atoms with Crippen molar-refractivity contribution in [3.05, 3.63) is 25.3 Å². The fourth-order valence-corrected chi connectivity index (χ4v) is 2.72. The minimum absolute atomic E-state index is 0. The fourth-order valence-electron chi connectivity index (χ4n) is 2.72. The maximum absolute atomic E-state index is 3.86. The molecule has 0 amide bonds. The first-order valence-corrected chi connectivity index (χ1v) is 5.68. The highest BCUT2D eigenvalue weighted by Gasteiger charge is 2.37. The molecule has 2 heteroatoms. The highest BCUT2D eigenvalue weighted by atomic mass is 127. The summed E-state index contributed by atoms with van der Waals surface area (Å²) in [6, 6.07) is 1.54. The number of piperidine rings is 1. The fraction of sp³-hybridized carbons (Fsp3) is 0.692. The van der Waals surface area contributed by atoms with Gasteiger partial charge in [0.2, 0.25) is 0 Å². The molecule has 1 heterocycles. The minimum Gasteiger partial charge on any atom is -1.00 e. The summed E-state index contributed by atoms with van der Waals surface area (Å²) in [6.45, 7) is 7.72. The molecule has 1 fully saturated rings. The van der Waals surface area contributed by atoms with Crippen molar-refractivity contribution in [1.82, 2.24) is 0 Å². The Kier molecular flexibility index (Phi) is 6.76. The largest absolute Gasteiger partial charge is 1.00 e. The molecule has 0 aromatic heterocycles. The van der Waals surface area contributed by atoms with Crippen LogP contribution in [0.15, 0.2) is 25.3 Å². The molecule has 1 aliphatic rings. The lowest BCUT2D eigenvalue weighted by molar-refractivity contribution is -0.943. The van der Waals surface area contributed by atoms with E-state index >= 15 is 0 Å². The zero-order valence-corrected chi connectivity index (χ0v) is 12.2. The molecule has 1 nitrogen and oxygen atoms in total. The van der Waals surface area contributed by atoms with Gasteiger partial charge in [0.05, 0.1) is 26.2 Å². The summed E-state index contributed by atoms with van der Waals surface area (Å²) in [5.74, 6) is 0. The predicted octanol–water partition coefficient (Wildman–Crippen LogP) is 0.140. The molecule has 0 bridgehead atoms. The van der Waals surface area contributed by atoms with Gasteiger partial charge in [-0.2, -0.15) is 0 Å². The SMILES string of the molecule is C=CC[C@@H]1CCC[C@H](CC=C)[N+]1(C)C.[I-]. The van der Waals surface area contributed by atoms with E-state index in [0.717, 1.165) is 29.4 Å².